The van der Waals surface area contributed by atoms with Gasteiger partial charge >= 0.3 is 0 Å². The first kappa shape index (κ1) is 16.2. The largest absolute Gasteiger partial charge is 0.350 e. The molecule has 110 valence electrons. The van der Waals surface area contributed by atoms with E-state index in [2.05, 4.69) is 10.6 Å². The standard InChI is InChI=1S/C16H24N2O2/c1-5-11(3)17-15(19)13-7-9-14(10-8-13)16(20)18-12(4)6-2/h7-12H,5-6H2,1-4H3,(H,17,19)(H,18,20)/t11-,12-/m1/s1. The van der Waals surface area contributed by atoms with E-state index in [4.69, 9.17) is 0 Å². The van der Waals surface area contributed by atoms with E-state index in [0.29, 0.717) is 11.1 Å². The van der Waals surface area contributed by atoms with Crippen molar-refractivity contribution < 1.29 is 9.59 Å². The Labute approximate surface area is 121 Å². The van der Waals surface area contributed by atoms with Crippen LogP contribution in [0.15, 0.2) is 24.3 Å². The Morgan fingerprint density at radius 2 is 1.15 bits per heavy atom. The lowest BCUT2D eigenvalue weighted by atomic mass is 10.1. The monoisotopic (exact) mass is 276 g/mol. The van der Waals surface area contributed by atoms with Gasteiger partial charge in [0.25, 0.3) is 11.8 Å². The summed E-state index contributed by atoms with van der Waals surface area (Å²) in [4.78, 5) is 23.8. The van der Waals surface area contributed by atoms with Crippen LogP contribution in [0.4, 0.5) is 0 Å². The van der Waals surface area contributed by atoms with Crippen molar-refractivity contribution in [2.45, 2.75) is 52.6 Å². The summed E-state index contributed by atoms with van der Waals surface area (Å²) in [6.07, 6.45) is 1.78. The zero-order valence-electron chi connectivity index (χ0n) is 12.7. The van der Waals surface area contributed by atoms with Gasteiger partial charge < -0.3 is 10.6 Å². The molecule has 0 spiro atoms. The van der Waals surface area contributed by atoms with Crippen LogP contribution in [0.1, 0.15) is 61.3 Å². The minimum absolute atomic E-state index is 0.103. The fourth-order valence-corrected chi connectivity index (χ4v) is 1.59. The minimum Gasteiger partial charge on any atom is -0.350 e. The highest BCUT2D eigenvalue weighted by Gasteiger charge is 2.11. The van der Waals surface area contributed by atoms with E-state index in [1.165, 1.54) is 0 Å². The fourth-order valence-electron chi connectivity index (χ4n) is 1.59. The fraction of sp³-hybridized carbons (Fsp3) is 0.500. The van der Waals surface area contributed by atoms with Crippen LogP contribution >= 0.6 is 0 Å². The van der Waals surface area contributed by atoms with Crippen LogP contribution in [0.2, 0.25) is 0 Å². The molecule has 0 saturated carbocycles. The van der Waals surface area contributed by atoms with Crippen molar-refractivity contribution >= 4 is 11.8 Å². The number of carbonyl (C=O) groups excluding carboxylic acids is 2. The summed E-state index contributed by atoms with van der Waals surface area (Å²) in [6.45, 7) is 7.97. The summed E-state index contributed by atoms with van der Waals surface area (Å²) in [5.74, 6) is -0.207. The zero-order chi connectivity index (χ0) is 15.1. The Morgan fingerprint density at radius 3 is 1.40 bits per heavy atom. The topological polar surface area (TPSA) is 58.2 Å². The zero-order valence-corrected chi connectivity index (χ0v) is 12.7. The van der Waals surface area contributed by atoms with Gasteiger partial charge in [-0.2, -0.15) is 0 Å². The third-order valence-electron chi connectivity index (χ3n) is 3.39. The summed E-state index contributed by atoms with van der Waals surface area (Å²) in [5, 5.41) is 5.79. The van der Waals surface area contributed by atoms with Gasteiger partial charge in [-0.3, -0.25) is 9.59 Å². The molecule has 2 N–H and O–H groups in total. The molecular weight excluding hydrogens is 252 g/mol. The van der Waals surface area contributed by atoms with Crippen LogP contribution in [0.3, 0.4) is 0 Å². The summed E-state index contributed by atoms with van der Waals surface area (Å²) in [6, 6.07) is 7.03. The highest BCUT2D eigenvalue weighted by molar-refractivity contribution is 5.97. The molecule has 0 heterocycles. The van der Waals surface area contributed by atoms with E-state index >= 15 is 0 Å². The number of benzene rings is 1. The highest BCUT2D eigenvalue weighted by atomic mass is 16.2. The van der Waals surface area contributed by atoms with E-state index < -0.39 is 0 Å². The number of hydrogen-bond acceptors (Lipinski definition) is 2. The third kappa shape index (κ3) is 4.68. The van der Waals surface area contributed by atoms with Gasteiger partial charge in [0, 0.05) is 23.2 Å². The number of nitrogens with one attached hydrogen (secondary N) is 2. The second kappa shape index (κ2) is 7.68. The van der Waals surface area contributed by atoms with E-state index in [9.17, 15) is 9.59 Å². The first-order valence-corrected chi connectivity index (χ1v) is 7.19. The third-order valence-corrected chi connectivity index (χ3v) is 3.39. The molecule has 0 fully saturated rings. The Kier molecular flexibility index (Phi) is 6.22. The van der Waals surface area contributed by atoms with Gasteiger partial charge in [0.1, 0.15) is 0 Å². The lowest BCUT2D eigenvalue weighted by Gasteiger charge is -2.13. The second-order valence-electron chi connectivity index (χ2n) is 5.14. The van der Waals surface area contributed by atoms with E-state index in [1.807, 2.05) is 27.7 Å². The number of rotatable bonds is 6. The molecular formula is C16H24N2O2. The smallest absolute Gasteiger partial charge is 0.251 e. The molecule has 0 aliphatic rings. The Hall–Kier alpha value is -1.84. The maximum absolute atomic E-state index is 11.9. The molecule has 4 nitrogen and oxygen atoms in total. The number of amides is 2. The summed E-state index contributed by atoms with van der Waals surface area (Å²) in [7, 11) is 0. The predicted molar refractivity (Wildman–Crippen MR) is 80.9 cm³/mol. The quantitative estimate of drug-likeness (QED) is 0.839. The maximum Gasteiger partial charge on any atom is 0.251 e. The normalized spacial score (nSPS) is 13.4. The summed E-state index contributed by atoms with van der Waals surface area (Å²) < 4.78 is 0. The SMILES string of the molecule is CC[C@@H](C)NC(=O)c1ccc(C(=O)N[C@H](C)CC)cc1. The van der Waals surface area contributed by atoms with Gasteiger partial charge in [-0.05, 0) is 51.0 Å². The van der Waals surface area contributed by atoms with Crippen LogP contribution in [0, 0.1) is 0 Å². The first-order valence-electron chi connectivity index (χ1n) is 7.19. The van der Waals surface area contributed by atoms with Crippen molar-refractivity contribution in [2.24, 2.45) is 0 Å². The molecule has 20 heavy (non-hydrogen) atoms. The van der Waals surface area contributed by atoms with Gasteiger partial charge in [-0.25, -0.2) is 0 Å². The molecule has 1 aromatic rings. The van der Waals surface area contributed by atoms with Crippen LogP contribution in [0.5, 0.6) is 0 Å². The molecule has 0 aliphatic heterocycles. The van der Waals surface area contributed by atoms with Crippen LogP contribution in [-0.4, -0.2) is 23.9 Å². The Bertz CT molecular complexity index is 411. The van der Waals surface area contributed by atoms with Gasteiger partial charge in [-0.1, -0.05) is 13.8 Å². The number of carbonyl (C=O) groups is 2. The van der Waals surface area contributed by atoms with E-state index in [-0.39, 0.29) is 23.9 Å². The molecule has 1 rings (SSSR count). The van der Waals surface area contributed by atoms with Gasteiger partial charge in [0.15, 0.2) is 0 Å². The van der Waals surface area contributed by atoms with Crippen LogP contribution in [-0.2, 0) is 0 Å². The predicted octanol–water partition coefficient (Wildman–Crippen LogP) is 2.74. The first-order chi connectivity index (χ1) is 9.47. The minimum atomic E-state index is -0.103. The maximum atomic E-state index is 11.9. The van der Waals surface area contributed by atoms with Crippen molar-refractivity contribution in [2.75, 3.05) is 0 Å². The summed E-state index contributed by atoms with van der Waals surface area (Å²) >= 11 is 0. The van der Waals surface area contributed by atoms with E-state index in [0.717, 1.165) is 12.8 Å². The Morgan fingerprint density at radius 1 is 0.850 bits per heavy atom. The molecule has 2 atom stereocenters. The van der Waals surface area contributed by atoms with Crippen molar-refractivity contribution in [1.29, 1.82) is 0 Å². The summed E-state index contributed by atoms with van der Waals surface area (Å²) in [5.41, 5.74) is 1.15. The average molecular weight is 276 g/mol. The van der Waals surface area contributed by atoms with Crippen LogP contribution in [0.25, 0.3) is 0 Å². The second-order valence-corrected chi connectivity index (χ2v) is 5.14. The van der Waals surface area contributed by atoms with Gasteiger partial charge in [-0.15, -0.1) is 0 Å². The lowest BCUT2D eigenvalue weighted by Crippen LogP contribution is -2.33. The van der Waals surface area contributed by atoms with Crippen molar-refractivity contribution in [3.05, 3.63) is 35.4 Å². The van der Waals surface area contributed by atoms with Crippen molar-refractivity contribution in [3.63, 3.8) is 0 Å². The lowest BCUT2D eigenvalue weighted by molar-refractivity contribution is 0.0927. The molecule has 0 bridgehead atoms. The molecule has 2 amide bonds. The number of hydrogen-bond donors (Lipinski definition) is 2. The van der Waals surface area contributed by atoms with Crippen molar-refractivity contribution in [3.8, 4) is 0 Å². The molecule has 0 saturated heterocycles. The van der Waals surface area contributed by atoms with E-state index in [1.54, 1.807) is 24.3 Å². The van der Waals surface area contributed by atoms with Gasteiger partial charge in [0.05, 0.1) is 0 Å². The Balaban J connectivity index is 2.68. The molecule has 0 aliphatic carbocycles. The highest BCUT2D eigenvalue weighted by Crippen LogP contribution is 2.06. The molecule has 0 radical (unpaired) electrons. The van der Waals surface area contributed by atoms with Crippen LogP contribution < -0.4 is 10.6 Å². The molecule has 4 heteroatoms. The van der Waals surface area contributed by atoms with Gasteiger partial charge in [0.2, 0.25) is 0 Å². The molecule has 0 aromatic heterocycles. The molecule has 1 aromatic carbocycles. The van der Waals surface area contributed by atoms with Crippen molar-refractivity contribution in [1.82, 2.24) is 10.6 Å². The molecule has 0 unspecified atom stereocenters. The average Bonchev–Trinajstić information content (AvgIpc) is 2.46.